The van der Waals surface area contributed by atoms with E-state index in [0.717, 1.165) is 116 Å². The van der Waals surface area contributed by atoms with Crippen LogP contribution in [0.1, 0.15) is 252 Å². The number of hydrogen-bond acceptors (Lipinski definition) is 11. The highest BCUT2D eigenvalue weighted by atomic mass is 16.7. The molecule has 0 aliphatic carbocycles. The van der Waals surface area contributed by atoms with Crippen molar-refractivity contribution in [2.24, 2.45) is 0 Å². The summed E-state index contributed by atoms with van der Waals surface area (Å²) < 4.78 is 28.5. The Bertz CT molecular complexity index is 1990. The zero-order valence-corrected chi connectivity index (χ0v) is 53.1. The number of carbonyl (C=O) groups is 4. The number of unbranched alkanes of at least 4 members (excludes halogenated alkanes) is 19. The molecule has 0 amide bonds. The van der Waals surface area contributed by atoms with Gasteiger partial charge in [0.15, 0.2) is 24.6 Å². The molecule has 1 fully saturated rings. The van der Waals surface area contributed by atoms with Crippen LogP contribution in [0.4, 0.5) is 0 Å². The summed E-state index contributed by atoms with van der Waals surface area (Å²) in [5, 5.41) is 31.6. The second-order valence-corrected chi connectivity index (χ2v) is 22.0. The summed E-state index contributed by atoms with van der Waals surface area (Å²) in [6, 6.07) is 0. The van der Waals surface area contributed by atoms with Gasteiger partial charge in [0.1, 0.15) is 18.8 Å². The molecule has 1 aliphatic heterocycles. The predicted molar refractivity (Wildman–Crippen MR) is 349 cm³/mol. The van der Waals surface area contributed by atoms with Gasteiger partial charge in [-0.15, -0.1) is 0 Å². The highest BCUT2D eigenvalue weighted by Crippen LogP contribution is 2.26. The Labute approximate surface area is 515 Å². The van der Waals surface area contributed by atoms with Crippen molar-refractivity contribution < 1.29 is 58.2 Å². The van der Waals surface area contributed by atoms with Gasteiger partial charge in [0.05, 0.1) is 6.61 Å². The number of aliphatic carboxylic acids is 1. The van der Waals surface area contributed by atoms with Crippen molar-refractivity contribution in [2.45, 2.75) is 289 Å². The Kier molecular flexibility index (Phi) is 54.2. The van der Waals surface area contributed by atoms with Crippen LogP contribution in [0.2, 0.25) is 0 Å². The number of carboxylic acid groups (broad SMARTS) is 1. The molecule has 1 heterocycles. The van der Waals surface area contributed by atoms with Crippen molar-refractivity contribution in [3.8, 4) is 0 Å². The molecule has 0 aromatic rings. The number of allylic oxidation sites excluding steroid dienone is 22. The van der Waals surface area contributed by atoms with E-state index in [1.54, 1.807) is 0 Å². The maximum Gasteiger partial charge on any atom is 0.335 e. The van der Waals surface area contributed by atoms with Crippen molar-refractivity contribution in [2.75, 3.05) is 13.2 Å². The molecule has 0 aromatic heterocycles. The Morgan fingerprint density at radius 2 is 0.753 bits per heavy atom. The highest BCUT2D eigenvalue weighted by molar-refractivity contribution is 5.74. The van der Waals surface area contributed by atoms with Gasteiger partial charge in [0.2, 0.25) is 0 Å². The molecule has 1 rings (SSSR count). The van der Waals surface area contributed by atoms with E-state index in [1.165, 1.54) is 70.6 Å². The molecule has 6 atom stereocenters. The molecular weight excluding hydrogens is 1070 g/mol. The lowest BCUT2D eigenvalue weighted by atomic mass is 9.98. The molecule has 0 spiro atoms. The molecule has 85 heavy (non-hydrogen) atoms. The smallest absolute Gasteiger partial charge is 0.335 e. The lowest BCUT2D eigenvalue weighted by Crippen LogP contribution is -2.61. The number of aliphatic hydroxyl groups is 2. The number of hydrogen-bond donors (Lipinski definition) is 3. The fourth-order valence-electron chi connectivity index (χ4n) is 9.19. The molecule has 0 aromatic carbocycles. The van der Waals surface area contributed by atoms with E-state index in [4.69, 9.17) is 23.7 Å². The predicted octanol–water partition coefficient (Wildman–Crippen LogP) is 18.1. The Morgan fingerprint density at radius 1 is 0.400 bits per heavy atom. The summed E-state index contributed by atoms with van der Waals surface area (Å²) in [4.78, 5) is 51.4. The van der Waals surface area contributed by atoms with Gasteiger partial charge in [-0.2, -0.15) is 0 Å². The second-order valence-electron chi connectivity index (χ2n) is 22.0. The van der Waals surface area contributed by atoms with Crippen LogP contribution in [0.25, 0.3) is 0 Å². The summed E-state index contributed by atoms with van der Waals surface area (Å²) in [6.07, 6.45) is 71.3. The molecule has 0 bridgehead atoms. The van der Waals surface area contributed by atoms with Crippen LogP contribution < -0.4 is 0 Å². The van der Waals surface area contributed by atoms with Crippen LogP contribution in [-0.4, -0.2) is 89.2 Å². The normalized spacial score (nSPS) is 18.3. The Morgan fingerprint density at radius 3 is 1.19 bits per heavy atom. The van der Waals surface area contributed by atoms with E-state index in [2.05, 4.69) is 142 Å². The van der Waals surface area contributed by atoms with Crippen LogP contribution in [-0.2, 0) is 42.9 Å². The molecular formula is C73H116O12. The largest absolute Gasteiger partial charge is 0.479 e. The van der Waals surface area contributed by atoms with Crippen molar-refractivity contribution in [3.63, 3.8) is 0 Å². The number of carboxylic acids is 1. The van der Waals surface area contributed by atoms with Crippen LogP contribution in [0, 0.1) is 0 Å². The van der Waals surface area contributed by atoms with Gasteiger partial charge in [0.25, 0.3) is 0 Å². The van der Waals surface area contributed by atoms with E-state index in [-0.39, 0.29) is 25.9 Å². The first-order valence-electron chi connectivity index (χ1n) is 33.2. The average molecular weight is 1190 g/mol. The van der Waals surface area contributed by atoms with Gasteiger partial charge in [0, 0.05) is 19.3 Å². The molecule has 0 saturated carbocycles. The van der Waals surface area contributed by atoms with Gasteiger partial charge in [-0.1, -0.05) is 238 Å². The van der Waals surface area contributed by atoms with Gasteiger partial charge in [-0.05, 0) is 128 Å². The van der Waals surface area contributed by atoms with Crippen LogP contribution in [0.5, 0.6) is 0 Å². The van der Waals surface area contributed by atoms with Crippen molar-refractivity contribution in [3.05, 3.63) is 134 Å². The van der Waals surface area contributed by atoms with Crippen LogP contribution in [0.3, 0.4) is 0 Å². The second kappa shape index (κ2) is 59.2. The first kappa shape index (κ1) is 77.9. The van der Waals surface area contributed by atoms with E-state index >= 15 is 0 Å². The molecule has 1 aliphatic rings. The number of ether oxygens (including phenoxy) is 5. The lowest BCUT2D eigenvalue weighted by molar-refractivity contribution is -0.301. The van der Waals surface area contributed by atoms with Gasteiger partial charge in [-0.25, -0.2) is 4.79 Å². The maximum absolute atomic E-state index is 13.2. The zero-order chi connectivity index (χ0) is 61.7. The molecule has 3 N–H and O–H groups in total. The third kappa shape index (κ3) is 48.6. The zero-order valence-electron chi connectivity index (χ0n) is 53.1. The fourth-order valence-corrected chi connectivity index (χ4v) is 9.19. The number of carbonyl (C=O) groups excluding carboxylic acids is 3. The van der Waals surface area contributed by atoms with Crippen LogP contribution >= 0.6 is 0 Å². The van der Waals surface area contributed by atoms with Crippen molar-refractivity contribution >= 4 is 23.9 Å². The summed E-state index contributed by atoms with van der Waals surface area (Å²) in [6.45, 7) is 5.72. The quantitative estimate of drug-likeness (QED) is 0.0228. The van der Waals surface area contributed by atoms with Crippen molar-refractivity contribution in [1.29, 1.82) is 0 Å². The molecule has 0 radical (unpaired) electrons. The number of esters is 3. The van der Waals surface area contributed by atoms with Gasteiger partial charge >= 0.3 is 23.9 Å². The van der Waals surface area contributed by atoms with E-state index in [1.807, 2.05) is 12.2 Å². The third-order valence-corrected chi connectivity index (χ3v) is 14.2. The highest BCUT2D eigenvalue weighted by Gasteiger charge is 2.50. The fraction of sp³-hybridized carbons (Fsp3) is 0.644. The first-order valence-corrected chi connectivity index (χ1v) is 33.2. The topological polar surface area (TPSA) is 175 Å². The summed E-state index contributed by atoms with van der Waals surface area (Å²) in [7, 11) is 0. The molecule has 6 unspecified atom stereocenters. The summed E-state index contributed by atoms with van der Waals surface area (Å²) in [5.74, 6) is -3.25. The summed E-state index contributed by atoms with van der Waals surface area (Å²) >= 11 is 0. The Balaban J connectivity index is 2.72. The molecule has 480 valence electrons. The van der Waals surface area contributed by atoms with E-state index < -0.39 is 67.3 Å². The molecule has 1 saturated heterocycles. The standard InChI is InChI=1S/C73H116O12/c1-4-7-10-13-16-19-22-25-28-31-33-36-38-41-44-47-50-53-56-59-65(74)81-62-64(83-66(75)60-57-54-51-48-45-42-40-37-34-32-29-26-23-20-17-14-11-8-5-2)63-82-73-71(69(78)68(77)70(85-73)72(79)80)84-67(76)61-58-55-52-49-46-43-39-35-30-27-24-21-18-15-12-9-6-3/h7,9-10,12,16,18-19,21,25-30,33,36,39,41,43-44,49,52,64,68-71,73,77-78H,4-6,8,11,13-15,17,20,22-24,31-32,34-35,37-38,40,42,45-48,50-51,53-63H2,1-3H3,(H,79,80)/b10-7-,12-9-,19-16-,21-18-,28-25-,29-26-,30-27-,36-33-,43-39-,44-41-,52-49-. The van der Waals surface area contributed by atoms with Gasteiger partial charge in [-0.3, -0.25) is 14.4 Å². The monoisotopic (exact) mass is 1180 g/mol. The lowest BCUT2D eigenvalue weighted by Gasteiger charge is -2.40. The summed E-state index contributed by atoms with van der Waals surface area (Å²) in [5.41, 5.74) is 0. The van der Waals surface area contributed by atoms with E-state index in [0.29, 0.717) is 25.7 Å². The van der Waals surface area contributed by atoms with Gasteiger partial charge < -0.3 is 39.0 Å². The minimum Gasteiger partial charge on any atom is -0.479 e. The number of aliphatic hydroxyl groups excluding tert-OH is 2. The maximum atomic E-state index is 13.2. The number of rotatable bonds is 55. The van der Waals surface area contributed by atoms with E-state index in [9.17, 15) is 34.5 Å². The average Bonchev–Trinajstić information content (AvgIpc) is 3.46. The SMILES string of the molecule is CC/C=C\C/C=C\C/C=C\C/C=C\C/C=C\CCCCCC(=O)OCC(COC1OC(C(=O)O)C(O)C(O)C1OC(=O)CCC/C=C\C/C=C\C/C=C\C/C=C\C/C=C\CC)OC(=O)CCCCCCCCCCC/C=C\CCCCCCCC. The van der Waals surface area contributed by atoms with Crippen molar-refractivity contribution in [1.82, 2.24) is 0 Å². The minimum absolute atomic E-state index is 0.0280. The minimum atomic E-state index is -1.94. The first-order chi connectivity index (χ1) is 41.6. The van der Waals surface area contributed by atoms with Crippen LogP contribution in [0.15, 0.2) is 134 Å². The molecule has 12 nitrogen and oxygen atoms in total. The molecule has 12 heteroatoms. The Hall–Kier alpha value is -5.14. The third-order valence-electron chi connectivity index (χ3n) is 14.2.